The lowest BCUT2D eigenvalue weighted by atomic mass is 9.66. The standard InChI is InChI=1S/C23H27NO4S/c1-29(27,28)19-13-11-17(12-14-19)22(25)24-16-15-23(26,18-7-3-2-4-8-18)20-9-5-6-10-21(20)24/h2-4,7-8,11-14,20-21,26H,5-6,9-10,15-16H2,1H3. The summed E-state index contributed by atoms with van der Waals surface area (Å²) in [4.78, 5) is 15.4. The van der Waals surface area contributed by atoms with Crippen molar-refractivity contribution in [2.45, 2.75) is 48.6 Å². The third-order valence-electron chi connectivity index (χ3n) is 6.54. The van der Waals surface area contributed by atoms with Gasteiger partial charge >= 0.3 is 0 Å². The third-order valence-corrected chi connectivity index (χ3v) is 7.67. The summed E-state index contributed by atoms with van der Waals surface area (Å²) >= 11 is 0. The van der Waals surface area contributed by atoms with Gasteiger partial charge in [-0.25, -0.2) is 8.42 Å². The molecule has 3 atom stereocenters. The van der Waals surface area contributed by atoms with Crippen molar-refractivity contribution in [2.75, 3.05) is 12.8 Å². The first-order valence-corrected chi connectivity index (χ1v) is 12.1. The molecule has 1 amide bonds. The van der Waals surface area contributed by atoms with Gasteiger partial charge in [0, 0.05) is 30.3 Å². The molecule has 1 saturated carbocycles. The molecule has 5 nitrogen and oxygen atoms in total. The second-order valence-electron chi connectivity index (χ2n) is 8.29. The van der Waals surface area contributed by atoms with Crippen LogP contribution < -0.4 is 0 Å². The summed E-state index contributed by atoms with van der Waals surface area (Å²) in [6, 6.07) is 16.0. The maximum atomic E-state index is 13.3. The van der Waals surface area contributed by atoms with Crippen LogP contribution in [0, 0.1) is 5.92 Å². The number of rotatable bonds is 3. The number of sulfone groups is 1. The molecule has 1 aliphatic carbocycles. The molecule has 0 aromatic heterocycles. The molecule has 29 heavy (non-hydrogen) atoms. The van der Waals surface area contributed by atoms with Crippen LogP contribution in [0.2, 0.25) is 0 Å². The first-order chi connectivity index (χ1) is 13.8. The average molecular weight is 414 g/mol. The number of piperidine rings is 1. The minimum Gasteiger partial charge on any atom is -0.385 e. The van der Waals surface area contributed by atoms with E-state index in [4.69, 9.17) is 0 Å². The first-order valence-electron chi connectivity index (χ1n) is 10.2. The lowest BCUT2D eigenvalue weighted by Crippen LogP contribution is -2.58. The molecule has 1 heterocycles. The Morgan fingerprint density at radius 2 is 1.69 bits per heavy atom. The highest BCUT2D eigenvalue weighted by Crippen LogP contribution is 2.47. The minimum atomic E-state index is -3.29. The summed E-state index contributed by atoms with van der Waals surface area (Å²) in [5.41, 5.74) is 0.511. The van der Waals surface area contributed by atoms with Crippen LogP contribution in [-0.4, -0.2) is 43.2 Å². The van der Waals surface area contributed by atoms with E-state index < -0.39 is 15.4 Å². The van der Waals surface area contributed by atoms with E-state index in [1.165, 1.54) is 12.1 Å². The van der Waals surface area contributed by atoms with Crippen LogP contribution in [-0.2, 0) is 15.4 Å². The number of nitrogens with zero attached hydrogens (tertiary/aromatic N) is 1. The summed E-state index contributed by atoms with van der Waals surface area (Å²) < 4.78 is 23.4. The van der Waals surface area contributed by atoms with Crippen LogP contribution in [0.4, 0.5) is 0 Å². The second kappa shape index (κ2) is 7.58. The molecular formula is C23H27NO4S. The lowest BCUT2D eigenvalue weighted by Gasteiger charge is -2.52. The fourth-order valence-electron chi connectivity index (χ4n) is 5.03. The third kappa shape index (κ3) is 3.71. The van der Waals surface area contributed by atoms with E-state index in [0.29, 0.717) is 18.5 Å². The van der Waals surface area contributed by atoms with E-state index in [9.17, 15) is 18.3 Å². The van der Waals surface area contributed by atoms with Crippen molar-refractivity contribution in [2.24, 2.45) is 5.92 Å². The molecule has 154 valence electrons. The number of aliphatic hydroxyl groups is 1. The smallest absolute Gasteiger partial charge is 0.254 e. The van der Waals surface area contributed by atoms with Crippen molar-refractivity contribution in [1.29, 1.82) is 0 Å². The highest BCUT2D eigenvalue weighted by atomic mass is 32.2. The number of hydrogen-bond acceptors (Lipinski definition) is 4. The summed E-state index contributed by atoms with van der Waals surface area (Å²) in [6.45, 7) is 0.485. The quantitative estimate of drug-likeness (QED) is 0.837. The molecule has 4 rings (SSSR count). The Morgan fingerprint density at radius 1 is 1.03 bits per heavy atom. The Bertz CT molecular complexity index is 987. The zero-order valence-corrected chi connectivity index (χ0v) is 17.4. The molecule has 1 saturated heterocycles. The molecule has 6 heteroatoms. The minimum absolute atomic E-state index is 0.00615. The van der Waals surface area contributed by atoms with E-state index in [1.807, 2.05) is 35.2 Å². The number of benzene rings is 2. The Balaban J connectivity index is 1.62. The van der Waals surface area contributed by atoms with Crippen molar-refractivity contribution in [3.63, 3.8) is 0 Å². The fraction of sp³-hybridized carbons (Fsp3) is 0.435. The highest BCUT2D eigenvalue weighted by Gasteiger charge is 2.50. The predicted molar refractivity (Wildman–Crippen MR) is 111 cm³/mol. The van der Waals surface area contributed by atoms with E-state index in [0.717, 1.165) is 37.5 Å². The molecule has 2 aromatic rings. The summed E-state index contributed by atoms with van der Waals surface area (Å²) in [5, 5.41) is 11.6. The number of carbonyl (C=O) groups is 1. The fourth-order valence-corrected chi connectivity index (χ4v) is 5.66. The molecule has 3 unspecified atom stereocenters. The summed E-state index contributed by atoms with van der Waals surface area (Å²) in [5.74, 6) is -0.0799. The average Bonchev–Trinajstić information content (AvgIpc) is 2.74. The van der Waals surface area contributed by atoms with Crippen molar-refractivity contribution >= 4 is 15.7 Å². The maximum absolute atomic E-state index is 13.3. The van der Waals surface area contributed by atoms with Crippen LogP contribution in [0.3, 0.4) is 0 Å². The van der Waals surface area contributed by atoms with Gasteiger partial charge in [-0.05, 0) is 49.1 Å². The number of hydrogen-bond donors (Lipinski definition) is 1. The number of carbonyl (C=O) groups excluding carboxylic acids is 1. The largest absolute Gasteiger partial charge is 0.385 e. The van der Waals surface area contributed by atoms with Crippen LogP contribution in [0.1, 0.15) is 48.0 Å². The van der Waals surface area contributed by atoms with Gasteiger partial charge < -0.3 is 10.0 Å². The SMILES string of the molecule is CS(=O)(=O)c1ccc(C(=O)N2CCC(O)(c3ccccc3)C3CCCCC32)cc1. The molecule has 0 spiro atoms. The van der Waals surface area contributed by atoms with Gasteiger partial charge in [-0.3, -0.25) is 4.79 Å². The van der Waals surface area contributed by atoms with Crippen molar-refractivity contribution in [1.82, 2.24) is 4.90 Å². The number of fused-ring (bicyclic) bond motifs is 1. The Hall–Kier alpha value is -2.18. The summed E-state index contributed by atoms with van der Waals surface area (Å²) in [6.07, 6.45) is 5.54. The first kappa shape index (κ1) is 20.1. The number of amides is 1. The van der Waals surface area contributed by atoms with Gasteiger partial charge in [0.2, 0.25) is 0 Å². The molecule has 0 radical (unpaired) electrons. The zero-order chi connectivity index (χ0) is 20.6. The maximum Gasteiger partial charge on any atom is 0.254 e. The van der Waals surface area contributed by atoms with Crippen LogP contribution in [0.5, 0.6) is 0 Å². The predicted octanol–water partition coefficient (Wildman–Crippen LogP) is 3.38. The van der Waals surface area contributed by atoms with Gasteiger partial charge in [0.15, 0.2) is 9.84 Å². The van der Waals surface area contributed by atoms with E-state index in [2.05, 4.69) is 0 Å². The van der Waals surface area contributed by atoms with Gasteiger partial charge in [0.1, 0.15) is 0 Å². The van der Waals surface area contributed by atoms with Gasteiger partial charge in [-0.15, -0.1) is 0 Å². The molecule has 1 aliphatic heterocycles. The molecule has 2 fully saturated rings. The van der Waals surface area contributed by atoms with Crippen molar-refractivity contribution in [3.8, 4) is 0 Å². The highest BCUT2D eigenvalue weighted by molar-refractivity contribution is 7.90. The molecule has 0 bridgehead atoms. The van der Waals surface area contributed by atoms with Crippen LogP contribution >= 0.6 is 0 Å². The van der Waals surface area contributed by atoms with Gasteiger partial charge in [-0.1, -0.05) is 43.2 Å². The Labute approximate surface area is 172 Å². The topological polar surface area (TPSA) is 74.7 Å². The number of likely N-dealkylation sites (tertiary alicyclic amines) is 1. The van der Waals surface area contributed by atoms with Gasteiger partial charge in [-0.2, -0.15) is 0 Å². The van der Waals surface area contributed by atoms with Gasteiger partial charge in [0.05, 0.1) is 10.5 Å². The zero-order valence-electron chi connectivity index (χ0n) is 16.6. The van der Waals surface area contributed by atoms with Crippen molar-refractivity contribution in [3.05, 3.63) is 65.7 Å². The lowest BCUT2D eigenvalue weighted by molar-refractivity contribution is -0.110. The molecule has 1 N–H and O–H groups in total. The molecule has 2 aromatic carbocycles. The van der Waals surface area contributed by atoms with E-state index in [-0.39, 0.29) is 22.8 Å². The van der Waals surface area contributed by atoms with Crippen LogP contribution in [0.25, 0.3) is 0 Å². The van der Waals surface area contributed by atoms with E-state index >= 15 is 0 Å². The van der Waals surface area contributed by atoms with Crippen LogP contribution in [0.15, 0.2) is 59.5 Å². The monoisotopic (exact) mass is 413 g/mol. The Morgan fingerprint density at radius 3 is 2.34 bits per heavy atom. The molecular weight excluding hydrogens is 386 g/mol. The normalized spacial score (nSPS) is 27.3. The second-order valence-corrected chi connectivity index (χ2v) is 10.3. The summed E-state index contributed by atoms with van der Waals surface area (Å²) in [7, 11) is -3.29. The van der Waals surface area contributed by atoms with Gasteiger partial charge in [0.25, 0.3) is 5.91 Å². The van der Waals surface area contributed by atoms with E-state index in [1.54, 1.807) is 12.1 Å². The Kier molecular flexibility index (Phi) is 5.25. The molecule has 2 aliphatic rings. The van der Waals surface area contributed by atoms with Crippen molar-refractivity contribution < 1.29 is 18.3 Å².